The van der Waals surface area contributed by atoms with Crippen molar-refractivity contribution >= 4 is 5.91 Å². The Morgan fingerprint density at radius 3 is 2.68 bits per heavy atom. The minimum absolute atomic E-state index is 0.0451. The summed E-state index contributed by atoms with van der Waals surface area (Å²) in [5.41, 5.74) is 1.41. The molecule has 0 bridgehead atoms. The van der Waals surface area contributed by atoms with Crippen LogP contribution in [0, 0.1) is 12.7 Å². The highest BCUT2D eigenvalue weighted by Gasteiger charge is 2.16. The molecule has 1 aromatic heterocycles. The molecule has 1 heterocycles. The monoisotopic (exact) mass is 261 g/mol. The van der Waals surface area contributed by atoms with E-state index in [9.17, 15) is 9.18 Å². The maximum Gasteiger partial charge on any atom is 0.254 e. The fraction of sp³-hybridized carbons (Fsp3) is 0.286. The molecule has 1 aromatic carbocycles. The summed E-state index contributed by atoms with van der Waals surface area (Å²) in [4.78, 5) is 11.9. The molecule has 0 spiro atoms. The van der Waals surface area contributed by atoms with Gasteiger partial charge in [-0.2, -0.15) is 5.10 Å². The van der Waals surface area contributed by atoms with E-state index in [0.717, 1.165) is 0 Å². The number of nitrogens with zero attached hydrogens (tertiary/aromatic N) is 2. The van der Waals surface area contributed by atoms with Crippen LogP contribution >= 0.6 is 0 Å². The number of amides is 1. The first kappa shape index (κ1) is 13.3. The molecule has 0 radical (unpaired) electrons. The summed E-state index contributed by atoms with van der Waals surface area (Å²) in [5, 5.41) is 6.88. The number of aromatic nitrogens is 2. The number of benzene rings is 1. The zero-order chi connectivity index (χ0) is 14.0. The van der Waals surface area contributed by atoms with E-state index in [1.165, 1.54) is 16.9 Å². The van der Waals surface area contributed by atoms with Crippen molar-refractivity contribution in [2.75, 3.05) is 0 Å². The van der Waals surface area contributed by atoms with Gasteiger partial charge in [0.15, 0.2) is 0 Å². The number of halogens is 1. The number of carbonyl (C=O) groups excluding carboxylic acids is 1. The Labute approximate surface area is 111 Å². The van der Waals surface area contributed by atoms with Crippen molar-refractivity contribution in [2.45, 2.75) is 26.8 Å². The number of rotatable bonds is 3. The highest BCUT2D eigenvalue weighted by Crippen LogP contribution is 2.16. The molecular formula is C14H16FN3O. The normalized spacial score (nSPS) is 10.8. The van der Waals surface area contributed by atoms with Crippen LogP contribution in [0.1, 0.15) is 29.9 Å². The van der Waals surface area contributed by atoms with Gasteiger partial charge >= 0.3 is 0 Å². The fourth-order valence-electron chi connectivity index (χ4n) is 1.84. The van der Waals surface area contributed by atoms with Crippen LogP contribution in [0.5, 0.6) is 0 Å². The first-order valence-corrected chi connectivity index (χ1v) is 6.11. The second-order valence-corrected chi connectivity index (χ2v) is 4.64. The molecule has 1 N–H and O–H groups in total. The molecule has 2 aromatic rings. The predicted molar refractivity (Wildman–Crippen MR) is 70.9 cm³/mol. The van der Waals surface area contributed by atoms with E-state index in [2.05, 4.69) is 10.4 Å². The summed E-state index contributed by atoms with van der Waals surface area (Å²) < 4.78 is 15.1. The zero-order valence-corrected chi connectivity index (χ0v) is 11.1. The molecule has 0 saturated carbocycles. The molecule has 5 heteroatoms. The summed E-state index contributed by atoms with van der Waals surface area (Å²) in [7, 11) is 0. The van der Waals surface area contributed by atoms with Gasteiger partial charge in [-0.3, -0.25) is 4.79 Å². The molecule has 100 valence electrons. The highest BCUT2D eigenvalue weighted by atomic mass is 19.1. The smallest absolute Gasteiger partial charge is 0.254 e. The summed E-state index contributed by atoms with van der Waals surface area (Å²) in [6, 6.07) is 6.38. The van der Waals surface area contributed by atoms with Crippen LogP contribution in [-0.2, 0) is 0 Å². The number of nitrogens with one attached hydrogen (secondary N) is 1. The van der Waals surface area contributed by atoms with Crippen LogP contribution in [0.3, 0.4) is 0 Å². The molecule has 0 saturated heterocycles. The minimum Gasteiger partial charge on any atom is -0.350 e. The van der Waals surface area contributed by atoms with Gasteiger partial charge in [0.05, 0.1) is 17.5 Å². The molecule has 1 amide bonds. The maximum absolute atomic E-state index is 13.7. The van der Waals surface area contributed by atoms with Crippen molar-refractivity contribution < 1.29 is 9.18 Å². The van der Waals surface area contributed by atoms with Gasteiger partial charge in [0.1, 0.15) is 11.5 Å². The number of carbonyl (C=O) groups is 1. The van der Waals surface area contributed by atoms with Gasteiger partial charge in [0.2, 0.25) is 0 Å². The second-order valence-electron chi connectivity index (χ2n) is 4.64. The lowest BCUT2D eigenvalue weighted by molar-refractivity contribution is 0.0942. The Morgan fingerprint density at radius 1 is 1.37 bits per heavy atom. The van der Waals surface area contributed by atoms with E-state index in [1.807, 2.05) is 13.8 Å². The maximum atomic E-state index is 13.7. The van der Waals surface area contributed by atoms with E-state index < -0.39 is 0 Å². The summed E-state index contributed by atoms with van der Waals surface area (Å²) >= 11 is 0. The predicted octanol–water partition coefficient (Wildman–Crippen LogP) is 2.46. The average molecular weight is 261 g/mol. The van der Waals surface area contributed by atoms with Crippen molar-refractivity contribution in [3.63, 3.8) is 0 Å². The lowest BCUT2D eigenvalue weighted by atomic mass is 10.2. The standard InChI is InChI=1S/C14H16FN3O/c1-9(2)17-14(19)11-8-16-18(10(11)3)13-7-5-4-6-12(13)15/h4-9H,1-3H3,(H,17,19). The molecule has 0 aliphatic heterocycles. The molecule has 4 nitrogen and oxygen atoms in total. The van der Waals surface area contributed by atoms with E-state index >= 15 is 0 Å². The molecule has 0 aliphatic rings. The highest BCUT2D eigenvalue weighted by molar-refractivity contribution is 5.95. The van der Waals surface area contributed by atoms with Crippen LogP contribution < -0.4 is 5.32 Å². The first-order chi connectivity index (χ1) is 9.00. The van der Waals surface area contributed by atoms with Gasteiger partial charge in [-0.1, -0.05) is 12.1 Å². The molecule has 0 atom stereocenters. The third-order valence-corrected chi connectivity index (χ3v) is 2.75. The van der Waals surface area contributed by atoms with Crippen molar-refractivity contribution in [3.8, 4) is 5.69 Å². The van der Waals surface area contributed by atoms with E-state index in [4.69, 9.17) is 0 Å². The number of para-hydroxylation sites is 1. The molecule has 0 fully saturated rings. The van der Waals surface area contributed by atoms with Crippen molar-refractivity contribution in [1.29, 1.82) is 0 Å². The van der Waals surface area contributed by atoms with Gasteiger partial charge in [-0.15, -0.1) is 0 Å². The van der Waals surface area contributed by atoms with Crippen molar-refractivity contribution in [2.24, 2.45) is 0 Å². The Balaban J connectivity index is 2.39. The number of hydrogen-bond donors (Lipinski definition) is 1. The van der Waals surface area contributed by atoms with Crippen LogP contribution in [0.15, 0.2) is 30.5 Å². The summed E-state index contributed by atoms with van der Waals surface area (Å²) in [5.74, 6) is -0.570. The van der Waals surface area contributed by atoms with Gasteiger partial charge < -0.3 is 5.32 Å². The van der Waals surface area contributed by atoms with E-state index in [-0.39, 0.29) is 17.8 Å². The van der Waals surface area contributed by atoms with Gasteiger partial charge in [0, 0.05) is 6.04 Å². The summed E-state index contributed by atoms with van der Waals surface area (Å²) in [6.45, 7) is 5.51. The topological polar surface area (TPSA) is 46.9 Å². The van der Waals surface area contributed by atoms with Crippen molar-refractivity contribution in [3.05, 3.63) is 47.5 Å². The lowest BCUT2D eigenvalue weighted by Gasteiger charge is -2.09. The number of hydrogen-bond acceptors (Lipinski definition) is 2. The fourth-order valence-corrected chi connectivity index (χ4v) is 1.84. The molecule has 19 heavy (non-hydrogen) atoms. The lowest BCUT2D eigenvalue weighted by Crippen LogP contribution is -2.30. The van der Waals surface area contributed by atoms with Crippen LogP contribution in [0.4, 0.5) is 4.39 Å². The summed E-state index contributed by atoms with van der Waals surface area (Å²) in [6.07, 6.45) is 1.46. The first-order valence-electron chi connectivity index (χ1n) is 6.11. The van der Waals surface area contributed by atoms with E-state index in [1.54, 1.807) is 25.1 Å². The third kappa shape index (κ3) is 2.65. The Morgan fingerprint density at radius 2 is 2.05 bits per heavy atom. The molecule has 2 rings (SSSR count). The van der Waals surface area contributed by atoms with Crippen molar-refractivity contribution in [1.82, 2.24) is 15.1 Å². The van der Waals surface area contributed by atoms with Gasteiger partial charge in [-0.25, -0.2) is 9.07 Å². The third-order valence-electron chi connectivity index (χ3n) is 2.75. The van der Waals surface area contributed by atoms with E-state index in [0.29, 0.717) is 16.9 Å². The van der Waals surface area contributed by atoms with Gasteiger partial charge in [0.25, 0.3) is 5.91 Å². The Kier molecular flexibility index (Phi) is 3.64. The average Bonchev–Trinajstić information content (AvgIpc) is 2.71. The second kappa shape index (κ2) is 5.22. The SMILES string of the molecule is Cc1c(C(=O)NC(C)C)cnn1-c1ccccc1F. The van der Waals surface area contributed by atoms with Crippen LogP contribution in [0.25, 0.3) is 5.69 Å². The largest absolute Gasteiger partial charge is 0.350 e. The molecule has 0 unspecified atom stereocenters. The zero-order valence-electron chi connectivity index (χ0n) is 11.1. The van der Waals surface area contributed by atoms with Crippen LogP contribution in [-0.4, -0.2) is 21.7 Å². The van der Waals surface area contributed by atoms with Crippen LogP contribution in [0.2, 0.25) is 0 Å². The van der Waals surface area contributed by atoms with Gasteiger partial charge in [-0.05, 0) is 32.9 Å². The Bertz CT molecular complexity index is 604. The Hall–Kier alpha value is -2.17. The quantitative estimate of drug-likeness (QED) is 0.922. The minimum atomic E-state index is -0.371. The molecule has 0 aliphatic carbocycles. The molecular weight excluding hydrogens is 245 g/mol.